The Balaban J connectivity index is 2.18. The van der Waals surface area contributed by atoms with Crippen LogP contribution in [-0.4, -0.2) is 52.6 Å². The van der Waals surface area contributed by atoms with E-state index in [1.165, 1.54) is 0 Å². The van der Waals surface area contributed by atoms with Gasteiger partial charge in [-0.1, -0.05) is 6.92 Å². The molecule has 3 unspecified atom stereocenters. The maximum atomic E-state index is 11.5. The molecule has 0 radical (unpaired) electrons. The monoisotopic (exact) mass is 273 g/mol. The van der Waals surface area contributed by atoms with Crippen molar-refractivity contribution in [2.75, 3.05) is 6.61 Å². The van der Waals surface area contributed by atoms with E-state index >= 15 is 0 Å². The van der Waals surface area contributed by atoms with E-state index in [9.17, 15) is 14.7 Å². The predicted octanol–water partition coefficient (Wildman–Crippen LogP) is -0.174. The van der Waals surface area contributed by atoms with Gasteiger partial charge in [-0.05, 0) is 12.3 Å². The van der Waals surface area contributed by atoms with E-state index in [0.717, 1.165) is 6.42 Å². The summed E-state index contributed by atoms with van der Waals surface area (Å²) in [7, 11) is 0. The first-order valence-electron chi connectivity index (χ1n) is 6.37. The summed E-state index contributed by atoms with van der Waals surface area (Å²) in [5.41, 5.74) is 3.91. The number of ether oxygens (including phenoxy) is 2. The lowest BCUT2D eigenvalue weighted by molar-refractivity contribution is -0.172. The highest BCUT2D eigenvalue weighted by molar-refractivity contribution is 5.80. The summed E-state index contributed by atoms with van der Waals surface area (Å²) in [6, 6.07) is -1.26. The molecule has 7 nitrogen and oxygen atoms in total. The standard InChI is InChI=1S/C12H19NO6/c1-6-2-3-18-8-5-12(11(16)17,19-9(6)8)4-7(13)10(14)15/h6-9H,2-5,13H2,1H3,(H,14,15)(H,16,17)/t6-,7?,8?,9?,12-/m0/s1. The lowest BCUT2D eigenvalue weighted by Gasteiger charge is -2.31. The van der Waals surface area contributed by atoms with Crippen LogP contribution < -0.4 is 5.73 Å². The molecule has 0 bridgehead atoms. The molecule has 2 heterocycles. The van der Waals surface area contributed by atoms with Crippen molar-refractivity contribution in [3.63, 3.8) is 0 Å². The predicted molar refractivity (Wildman–Crippen MR) is 63.6 cm³/mol. The highest BCUT2D eigenvalue weighted by Crippen LogP contribution is 2.41. The van der Waals surface area contributed by atoms with E-state index in [0.29, 0.717) is 6.61 Å². The van der Waals surface area contributed by atoms with Crippen molar-refractivity contribution in [3.05, 3.63) is 0 Å². The Morgan fingerprint density at radius 2 is 2.16 bits per heavy atom. The van der Waals surface area contributed by atoms with Gasteiger partial charge in [-0.25, -0.2) is 4.79 Å². The number of carboxylic acid groups (broad SMARTS) is 2. The minimum absolute atomic E-state index is 0.151. The van der Waals surface area contributed by atoms with Crippen LogP contribution in [-0.2, 0) is 19.1 Å². The number of hydrogen-bond acceptors (Lipinski definition) is 5. The summed E-state index contributed by atoms with van der Waals surface area (Å²) in [6.07, 6.45) is 0.118. The maximum Gasteiger partial charge on any atom is 0.336 e. The molecule has 5 atom stereocenters. The number of carbonyl (C=O) groups is 2. The molecular weight excluding hydrogens is 254 g/mol. The lowest BCUT2D eigenvalue weighted by Crippen LogP contribution is -2.47. The van der Waals surface area contributed by atoms with Crippen molar-refractivity contribution < 1.29 is 29.3 Å². The minimum atomic E-state index is -1.55. The third-order valence-electron chi connectivity index (χ3n) is 3.98. The molecule has 19 heavy (non-hydrogen) atoms. The van der Waals surface area contributed by atoms with Crippen molar-refractivity contribution in [2.24, 2.45) is 11.7 Å². The van der Waals surface area contributed by atoms with Gasteiger partial charge >= 0.3 is 11.9 Å². The third kappa shape index (κ3) is 2.58. The number of aliphatic carboxylic acids is 2. The van der Waals surface area contributed by atoms with Gasteiger partial charge in [0.25, 0.3) is 0 Å². The molecular formula is C12H19NO6. The van der Waals surface area contributed by atoms with E-state index < -0.39 is 23.6 Å². The van der Waals surface area contributed by atoms with Crippen LogP contribution in [0.25, 0.3) is 0 Å². The normalized spacial score (nSPS) is 39.6. The van der Waals surface area contributed by atoms with Crippen molar-refractivity contribution in [3.8, 4) is 0 Å². The molecule has 108 valence electrons. The van der Waals surface area contributed by atoms with Crippen LogP contribution in [0, 0.1) is 5.92 Å². The topological polar surface area (TPSA) is 119 Å². The molecule has 7 heteroatoms. The molecule has 0 aromatic heterocycles. The summed E-state index contributed by atoms with van der Waals surface area (Å²) >= 11 is 0. The smallest absolute Gasteiger partial charge is 0.336 e. The van der Waals surface area contributed by atoms with Gasteiger partial charge in [-0.15, -0.1) is 0 Å². The second kappa shape index (κ2) is 5.07. The number of nitrogens with two attached hydrogens (primary N) is 1. The molecule has 0 spiro atoms. The Morgan fingerprint density at radius 1 is 1.47 bits per heavy atom. The van der Waals surface area contributed by atoms with Gasteiger partial charge in [-0.2, -0.15) is 0 Å². The maximum absolute atomic E-state index is 11.5. The molecule has 2 fully saturated rings. The summed E-state index contributed by atoms with van der Waals surface area (Å²) in [5.74, 6) is -2.21. The van der Waals surface area contributed by atoms with Gasteiger partial charge < -0.3 is 25.4 Å². The van der Waals surface area contributed by atoms with Crippen molar-refractivity contribution in [2.45, 2.75) is 50.0 Å². The molecule has 2 aliphatic heterocycles. The molecule has 0 amide bonds. The van der Waals surface area contributed by atoms with Crippen LogP contribution in [0.15, 0.2) is 0 Å². The highest BCUT2D eigenvalue weighted by atomic mass is 16.6. The highest BCUT2D eigenvalue weighted by Gasteiger charge is 2.55. The minimum Gasteiger partial charge on any atom is -0.480 e. The fourth-order valence-electron chi connectivity index (χ4n) is 2.83. The SMILES string of the molecule is C[C@H]1CCOC2C[C@@](CC(N)C(=O)O)(C(=O)O)OC21. The van der Waals surface area contributed by atoms with E-state index in [4.69, 9.17) is 20.3 Å². The van der Waals surface area contributed by atoms with Gasteiger partial charge in [0, 0.05) is 19.4 Å². The van der Waals surface area contributed by atoms with Gasteiger partial charge in [0.15, 0.2) is 5.60 Å². The second-order valence-electron chi connectivity index (χ2n) is 5.41. The molecule has 0 aromatic carbocycles. The average molecular weight is 273 g/mol. The Labute approximate surface area is 110 Å². The molecule has 2 aliphatic rings. The quantitative estimate of drug-likeness (QED) is 0.650. The zero-order valence-electron chi connectivity index (χ0n) is 10.7. The average Bonchev–Trinajstić information content (AvgIpc) is 2.70. The van der Waals surface area contributed by atoms with Gasteiger partial charge in [0.05, 0.1) is 12.2 Å². The van der Waals surface area contributed by atoms with Gasteiger partial charge in [-0.3, -0.25) is 4.79 Å². The van der Waals surface area contributed by atoms with Crippen LogP contribution in [0.1, 0.15) is 26.2 Å². The van der Waals surface area contributed by atoms with Gasteiger partial charge in [0.1, 0.15) is 6.04 Å². The largest absolute Gasteiger partial charge is 0.480 e. The summed E-state index contributed by atoms with van der Waals surface area (Å²) in [6.45, 7) is 2.56. The fourth-order valence-corrected chi connectivity index (χ4v) is 2.83. The molecule has 2 saturated heterocycles. The first-order valence-corrected chi connectivity index (χ1v) is 6.37. The Hall–Kier alpha value is -1.18. The van der Waals surface area contributed by atoms with Crippen molar-refractivity contribution in [1.29, 1.82) is 0 Å². The van der Waals surface area contributed by atoms with Crippen molar-refractivity contribution in [1.82, 2.24) is 0 Å². The molecule has 2 rings (SSSR count). The van der Waals surface area contributed by atoms with Crippen LogP contribution in [0.5, 0.6) is 0 Å². The Morgan fingerprint density at radius 3 is 2.68 bits per heavy atom. The van der Waals surface area contributed by atoms with E-state index in [1.807, 2.05) is 6.92 Å². The number of rotatable bonds is 4. The lowest BCUT2D eigenvalue weighted by atomic mass is 9.88. The number of hydrogen-bond donors (Lipinski definition) is 3. The van der Waals surface area contributed by atoms with Crippen LogP contribution in [0.4, 0.5) is 0 Å². The third-order valence-corrected chi connectivity index (χ3v) is 3.98. The van der Waals surface area contributed by atoms with Crippen LogP contribution in [0.2, 0.25) is 0 Å². The van der Waals surface area contributed by atoms with Gasteiger partial charge in [0.2, 0.25) is 0 Å². The Kier molecular flexibility index (Phi) is 3.80. The summed E-state index contributed by atoms with van der Waals surface area (Å²) < 4.78 is 11.2. The van der Waals surface area contributed by atoms with E-state index in [-0.39, 0.29) is 31.0 Å². The first-order chi connectivity index (χ1) is 8.85. The molecule has 0 saturated carbocycles. The summed E-state index contributed by atoms with van der Waals surface area (Å²) in [5, 5.41) is 18.2. The van der Waals surface area contributed by atoms with Crippen molar-refractivity contribution >= 4 is 11.9 Å². The van der Waals surface area contributed by atoms with E-state index in [2.05, 4.69) is 0 Å². The second-order valence-corrected chi connectivity index (χ2v) is 5.41. The van der Waals surface area contributed by atoms with Crippen LogP contribution in [0.3, 0.4) is 0 Å². The van der Waals surface area contributed by atoms with Crippen LogP contribution >= 0.6 is 0 Å². The number of carboxylic acids is 2. The molecule has 4 N–H and O–H groups in total. The first kappa shape index (κ1) is 14.2. The zero-order valence-corrected chi connectivity index (χ0v) is 10.7. The molecule has 0 aliphatic carbocycles. The zero-order chi connectivity index (χ0) is 14.2. The molecule has 0 aromatic rings. The number of fused-ring (bicyclic) bond motifs is 1. The summed E-state index contributed by atoms with van der Waals surface area (Å²) in [4.78, 5) is 22.3. The van der Waals surface area contributed by atoms with E-state index in [1.54, 1.807) is 0 Å². The Bertz CT molecular complexity index is 386. The fraction of sp³-hybridized carbons (Fsp3) is 0.833.